The van der Waals surface area contributed by atoms with Gasteiger partial charge in [-0.05, 0) is 86.7 Å². The van der Waals surface area contributed by atoms with Gasteiger partial charge >= 0.3 is 5.97 Å². The summed E-state index contributed by atoms with van der Waals surface area (Å²) < 4.78 is 6.04. The summed E-state index contributed by atoms with van der Waals surface area (Å²) in [5, 5.41) is 3.49. The van der Waals surface area contributed by atoms with Gasteiger partial charge in [0.2, 0.25) is 0 Å². The Morgan fingerprint density at radius 1 is 0.776 bits per heavy atom. The van der Waals surface area contributed by atoms with E-state index in [4.69, 9.17) is 16.3 Å². The predicted octanol–water partition coefficient (Wildman–Crippen LogP) is 11.7. The molecule has 3 aromatic rings. The Bertz CT molecular complexity index is 1540. The van der Waals surface area contributed by atoms with E-state index in [0.29, 0.717) is 53.3 Å². The monoisotopic (exact) mass is 686 g/mol. The molecule has 0 saturated carbocycles. The molecular weight excluding hydrogens is 632 g/mol. The van der Waals surface area contributed by atoms with Gasteiger partial charge in [-0.15, -0.1) is 0 Å². The van der Waals surface area contributed by atoms with Crippen LogP contribution in [0.25, 0.3) is 0 Å². The maximum Gasteiger partial charge on any atom is 0.306 e. The molecule has 3 aromatic carbocycles. The second-order valence-electron chi connectivity index (χ2n) is 13.6. The first kappa shape index (κ1) is 38.2. The lowest BCUT2D eigenvalue weighted by Gasteiger charge is -2.25. The second kappa shape index (κ2) is 20.1. The molecule has 0 radical (unpaired) electrons. The molecule has 0 saturated heterocycles. The van der Waals surface area contributed by atoms with Gasteiger partial charge in [-0.3, -0.25) is 14.4 Å². The molecule has 0 fully saturated rings. The SMILES string of the molecule is CCCCCCCCCCCCCCCC(=O)OC1CCCN(C(=O)c2ccc(NC(=O)c3ccccc3C)cc2C)c2ccc(Cl)cc21. The number of rotatable bonds is 18. The standard InChI is InChI=1S/C42H55ClN2O4/c1-4-5-6-7-8-9-10-11-12-13-14-15-16-23-40(46)49-39-22-19-28-45(38-27-24-33(43)30-37(38)39)42(48)36-26-25-34(29-32(36)3)44-41(47)35-21-18-17-20-31(35)2/h17-18,20-21,24-27,29-30,39H,4-16,19,22-23,28H2,1-3H3,(H,44,47). The molecular formula is C42H55ClN2O4. The van der Waals surface area contributed by atoms with Gasteiger partial charge in [-0.1, -0.05) is 114 Å². The number of ether oxygens (including phenoxy) is 1. The molecule has 0 bridgehead atoms. The van der Waals surface area contributed by atoms with Gasteiger partial charge in [0, 0.05) is 40.4 Å². The highest BCUT2D eigenvalue weighted by Crippen LogP contribution is 2.38. The first-order valence-corrected chi connectivity index (χ1v) is 18.9. The maximum atomic E-state index is 14.0. The van der Waals surface area contributed by atoms with Crippen LogP contribution < -0.4 is 10.2 Å². The summed E-state index contributed by atoms with van der Waals surface area (Å²) in [6.07, 6.45) is 17.6. The zero-order chi connectivity index (χ0) is 35.0. The fourth-order valence-electron chi connectivity index (χ4n) is 6.73. The van der Waals surface area contributed by atoms with Crippen LogP contribution in [-0.4, -0.2) is 24.3 Å². The Morgan fingerprint density at radius 2 is 1.43 bits per heavy atom. The third-order valence-corrected chi connectivity index (χ3v) is 9.82. The van der Waals surface area contributed by atoms with Crippen LogP contribution in [0, 0.1) is 13.8 Å². The van der Waals surface area contributed by atoms with Crippen LogP contribution in [0.2, 0.25) is 5.02 Å². The number of unbranched alkanes of at least 4 members (excludes halogenated alkanes) is 12. The fourth-order valence-corrected chi connectivity index (χ4v) is 6.91. The third kappa shape index (κ3) is 11.7. The average molecular weight is 687 g/mol. The van der Waals surface area contributed by atoms with Crippen LogP contribution in [0.1, 0.15) is 153 Å². The molecule has 49 heavy (non-hydrogen) atoms. The number of carbonyl (C=O) groups is 3. The summed E-state index contributed by atoms with van der Waals surface area (Å²) in [5.41, 5.74) is 4.91. The van der Waals surface area contributed by atoms with E-state index in [-0.39, 0.29) is 17.8 Å². The van der Waals surface area contributed by atoms with Gasteiger partial charge in [0.1, 0.15) is 6.10 Å². The van der Waals surface area contributed by atoms with Crippen molar-refractivity contribution >= 4 is 40.8 Å². The van der Waals surface area contributed by atoms with Gasteiger partial charge < -0.3 is 15.0 Å². The predicted molar refractivity (Wildman–Crippen MR) is 202 cm³/mol. The van der Waals surface area contributed by atoms with Crippen molar-refractivity contribution in [2.45, 2.75) is 130 Å². The Morgan fingerprint density at radius 3 is 2.08 bits per heavy atom. The summed E-state index contributed by atoms with van der Waals surface area (Å²) in [7, 11) is 0. The quantitative estimate of drug-likeness (QED) is 0.107. The Hall–Kier alpha value is -3.64. The number of nitrogens with zero attached hydrogens (tertiary/aromatic N) is 1. The van der Waals surface area contributed by atoms with Crippen LogP contribution in [-0.2, 0) is 9.53 Å². The smallest absolute Gasteiger partial charge is 0.306 e. The molecule has 1 aliphatic heterocycles. The van der Waals surface area contributed by atoms with Gasteiger partial charge in [0.15, 0.2) is 0 Å². The van der Waals surface area contributed by atoms with E-state index in [2.05, 4.69) is 12.2 Å². The van der Waals surface area contributed by atoms with Crippen molar-refractivity contribution in [1.29, 1.82) is 0 Å². The van der Waals surface area contributed by atoms with E-state index >= 15 is 0 Å². The summed E-state index contributed by atoms with van der Waals surface area (Å²) in [6.45, 7) is 6.53. The van der Waals surface area contributed by atoms with E-state index in [9.17, 15) is 14.4 Å². The lowest BCUT2D eigenvalue weighted by molar-refractivity contribution is -0.150. The molecule has 0 aliphatic carbocycles. The Labute approximate surface area is 299 Å². The molecule has 1 atom stereocenters. The number of nitrogens with one attached hydrogen (secondary N) is 1. The highest BCUT2D eigenvalue weighted by atomic mass is 35.5. The number of carbonyl (C=O) groups excluding carboxylic acids is 3. The number of amides is 2. The molecule has 6 nitrogen and oxygen atoms in total. The number of aryl methyl sites for hydroxylation is 2. The molecule has 1 aliphatic rings. The number of esters is 1. The summed E-state index contributed by atoms with van der Waals surface area (Å²) in [6, 6.07) is 18.2. The highest BCUT2D eigenvalue weighted by molar-refractivity contribution is 6.30. The zero-order valence-corrected chi connectivity index (χ0v) is 30.6. The third-order valence-electron chi connectivity index (χ3n) is 9.58. The van der Waals surface area contributed by atoms with E-state index in [1.807, 2.05) is 50.2 Å². The minimum absolute atomic E-state index is 0.142. The summed E-state index contributed by atoms with van der Waals surface area (Å²) in [4.78, 5) is 41.6. The van der Waals surface area contributed by atoms with E-state index in [1.54, 1.807) is 29.2 Å². The molecule has 0 spiro atoms. The molecule has 2 amide bonds. The molecule has 4 rings (SSSR count). The zero-order valence-electron chi connectivity index (χ0n) is 29.8. The van der Waals surface area contributed by atoms with Crippen molar-refractivity contribution in [3.05, 3.63) is 93.5 Å². The summed E-state index contributed by atoms with van der Waals surface area (Å²) >= 11 is 6.43. The Kier molecular flexibility index (Phi) is 15.7. The summed E-state index contributed by atoms with van der Waals surface area (Å²) in [5.74, 6) is -0.528. The molecule has 264 valence electrons. The first-order chi connectivity index (χ1) is 23.8. The van der Waals surface area contributed by atoms with E-state index in [1.165, 1.54) is 64.2 Å². The highest BCUT2D eigenvalue weighted by Gasteiger charge is 2.30. The van der Waals surface area contributed by atoms with Gasteiger partial charge in [0.05, 0.1) is 5.69 Å². The van der Waals surface area contributed by atoms with Crippen molar-refractivity contribution in [1.82, 2.24) is 0 Å². The average Bonchev–Trinajstić information content (AvgIpc) is 3.25. The number of benzene rings is 3. The van der Waals surface area contributed by atoms with Crippen LogP contribution in [0.15, 0.2) is 60.7 Å². The number of anilines is 2. The molecule has 7 heteroatoms. The molecule has 1 N–H and O–H groups in total. The van der Waals surface area contributed by atoms with Crippen molar-refractivity contribution in [2.75, 3.05) is 16.8 Å². The lowest BCUT2D eigenvalue weighted by atomic mass is 10.0. The van der Waals surface area contributed by atoms with Crippen LogP contribution in [0.3, 0.4) is 0 Å². The van der Waals surface area contributed by atoms with Crippen molar-refractivity contribution in [3.8, 4) is 0 Å². The first-order valence-electron chi connectivity index (χ1n) is 18.6. The van der Waals surface area contributed by atoms with Crippen LogP contribution in [0.4, 0.5) is 11.4 Å². The van der Waals surface area contributed by atoms with Crippen molar-refractivity contribution in [2.24, 2.45) is 0 Å². The number of halogens is 1. The molecule has 1 unspecified atom stereocenters. The fraction of sp³-hybridized carbons (Fsp3) is 0.500. The number of hydrogen-bond acceptors (Lipinski definition) is 4. The lowest BCUT2D eigenvalue weighted by Crippen LogP contribution is -2.32. The number of hydrogen-bond donors (Lipinski definition) is 1. The van der Waals surface area contributed by atoms with Crippen LogP contribution in [0.5, 0.6) is 0 Å². The van der Waals surface area contributed by atoms with E-state index < -0.39 is 6.10 Å². The molecule has 1 heterocycles. The second-order valence-corrected chi connectivity index (χ2v) is 14.0. The topological polar surface area (TPSA) is 75.7 Å². The molecule has 0 aromatic heterocycles. The normalized spacial score (nSPS) is 14.2. The van der Waals surface area contributed by atoms with E-state index in [0.717, 1.165) is 36.0 Å². The Balaban J connectivity index is 1.28. The number of fused-ring (bicyclic) bond motifs is 1. The van der Waals surface area contributed by atoms with Crippen molar-refractivity contribution < 1.29 is 19.1 Å². The van der Waals surface area contributed by atoms with Gasteiger partial charge in [0.25, 0.3) is 11.8 Å². The van der Waals surface area contributed by atoms with Crippen molar-refractivity contribution in [3.63, 3.8) is 0 Å². The van der Waals surface area contributed by atoms with Gasteiger partial charge in [-0.2, -0.15) is 0 Å². The largest absolute Gasteiger partial charge is 0.457 e. The minimum atomic E-state index is -0.457. The minimum Gasteiger partial charge on any atom is -0.457 e. The maximum absolute atomic E-state index is 14.0. The van der Waals surface area contributed by atoms with Gasteiger partial charge in [-0.25, -0.2) is 0 Å². The van der Waals surface area contributed by atoms with Crippen LogP contribution >= 0.6 is 11.6 Å².